The van der Waals surface area contributed by atoms with Crippen molar-refractivity contribution < 1.29 is 14.3 Å². The van der Waals surface area contributed by atoms with Crippen molar-refractivity contribution in [1.82, 2.24) is 10.2 Å². The van der Waals surface area contributed by atoms with Crippen LogP contribution in [0.4, 0.5) is 4.39 Å². The maximum Gasteiger partial charge on any atom is 0.258 e. The Morgan fingerprint density at radius 3 is 2.76 bits per heavy atom. The third-order valence-corrected chi connectivity index (χ3v) is 4.61. The Labute approximate surface area is 148 Å². The normalized spacial score (nSPS) is 20.7. The summed E-state index contributed by atoms with van der Waals surface area (Å²) < 4.78 is 13.1. The zero-order chi connectivity index (χ0) is 18.3. The van der Waals surface area contributed by atoms with Crippen molar-refractivity contribution in [2.24, 2.45) is 4.99 Å². The van der Waals surface area contributed by atoms with E-state index in [1.54, 1.807) is 13.8 Å². The molecule has 1 aromatic rings. The lowest BCUT2D eigenvalue weighted by atomic mass is 10.1. The van der Waals surface area contributed by atoms with Gasteiger partial charge >= 0.3 is 0 Å². The first kappa shape index (κ1) is 17.2. The van der Waals surface area contributed by atoms with Gasteiger partial charge in [0.25, 0.3) is 5.91 Å². The van der Waals surface area contributed by atoms with E-state index in [-0.39, 0.29) is 24.4 Å². The molecule has 0 bridgehead atoms. The number of phenols is 1. The van der Waals surface area contributed by atoms with Crippen molar-refractivity contribution in [3.05, 3.63) is 51.7 Å². The molecule has 0 aromatic heterocycles. The van der Waals surface area contributed by atoms with Gasteiger partial charge in [-0.3, -0.25) is 4.79 Å². The Kier molecular flexibility index (Phi) is 4.34. The summed E-state index contributed by atoms with van der Waals surface area (Å²) in [5.74, 6) is -1.03. The number of hydrogen-bond acceptors (Lipinski definition) is 5. The van der Waals surface area contributed by atoms with Gasteiger partial charge in [-0.15, -0.1) is 0 Å². The van der Waals surface area contributed by atoms with Crippen molar-refractivity contribution in [1.29, 1.82) is 5.41 Å². The molecule has 0 radical (unpaired) electrons. The zero-order valence-electron chi connectivity index (χ0n) is 13.7. The highest BCUT2D eigenvalue weighted by molar-refractivity contribution is 6.43. The molecule has 130 valence electrons. The van der Waals surface area contributed by atoms with Crippen molar-refractivity contribution in [3.63, 3.8) is 0 Å². The van der Waals surface area contributed by atoms with Gasteiger partial charge in [0.05, 0.1) is 35.1 Å². The van der Waals surface area contributed by atoms with Crippen molar-refractivity contribution in [2.75, 3.05) is 13.1 Å². The van der Waals surface area contributed by atoms with Gasteiger partial charge in [-0.25, -0.2) is 9.38 Å². The highest BCUT2D eigenvalue weighted by Crippen LogP contribution is 2.26. The zero-order valence-corrected chi connectivity index (χ0v) is 14.4. The molecule has 8 heteroatoms. The van der Waals surface area contributed by atoms with Crippen LogP contribution in [0.15, 0.2) is 45.3 Å². The van der Waals surface area contributed by atoms with Crippen LogP contribution >= 0.6 is 11.6 Å². The van der Waals surface area contributed by atoms with Crippen LogP contribution in [0.5, 0.6) is 5.75 Å². The quantitative estimate of drug-likeness (QED) is 0.717. The summed E-state index contributed by atoms with van der Waals surface area (Å²) in [4.78, 5) is 18.3. The fourth-order valence-corrected chi connectivity index (χ4v) is 2.83. The van der Waals surface area contributed by atoms with Crippen LogP contribution in [0, 0.1) is 11.2 Å². The number of nitrogens with zero attached hydrogens (tertiary/aromatic N) is 2. The molecule has 0 spiro atoms. The van der Waals surface area contributed by atoms with Gasteiger partial charge in [-0.05, 0) is 26.0 Å². The van der Waals surface area contributed by atoms with Crippen LogP contribution in [0.25, 0.3) is 0 Å². The molecule has 3 rings (SSSR count). The van der Waals surface area contributed by atoms with Crippen molar-refractivity contribution in [3.8, 4) is 5.75 Å². The lowest BCUT2D eigenvalue weighted by Crippen LogP contribution is -2.29. The van der Waals surface area contributed by atoms with Gasteiger partial charge < -0.3 is 20.7 Å². The van der Waals surface area contributed by atoms with E-state index >= 15 is 0 Å². The summed E-state index contributed by atoms with van der Waals surface area (Å²) in [6.07, 6.45) is 0. The third-order valence-electron chi connectivity index (χ3n) is 4.06. The Bertz CT molecular complexity index is 889. The molecule has 0 saturated carbocycles. The number of halogens is 2. The number of nitrogens with one attached hydrogen (secondary N) is 2. The molecule has 1 saturated heterocycles. The molecule has 25 heavy (non-hydrogen) atoms. The predicted molar refractivity (Wildman–Crippen MR) is 93.5 cm³/mol. The van der Waals surface area contributed by atoms with Gasteiger partial charge in [0, 0.05) is 17.3 Å². The Hall–Kier alpha value is -2.67. The van der Waals surface area contributed by atoms with Crippen LogP contribution < -0.4 is 5.32 Å². The predicted octanol–water partition coefficient (Wildman–Crippen LogP) is 2.75. The number of likely N-dealkylation sites (tertiary alicyclic amines) is 1. The minimum atomic E-state index is -0.624. The molecule has 1 fully saturated rings. The van der Waals surface area contributed by atoms with E-state index in [0.29, 0.717) is 22.1 Å². The molecule has 0 unspecified atom stereocenters. The molecule has 6 nitrogen and oxygen atoms in total. The van der Waals surface area contributed by atoms with E-state index in [9.17, 15) is 14.3 Å². The van der Waals surface area contributed by atoms with E-state index in [0.717, 1.165) is 17.8 Å². The number of carbonyl (C=O) groups excluding carboxylic acids is 1. The van der Waals surface area contributed by atoms with E-state index in [1.807, 2.05) is 0 Å². The summed E-state index contributed by atoms with van der Waals surface area (Å²) in [5, 5.41) is 21.5. The fourth-order valence-electron chi connectivity index (χ4n) is 2.74. The second-order valence-electron chi connectivity index (χ2n) is 5.89. The minimum absolute atomic E-state index is 0.00384. The average Bonchev–Trinajstić information content (AvgIpc) is 2.93. The lowest BCUT2D eigenvalue weighted by Gasteiger charge is -2.19. The minimum Gasteiger partial charge on any atom is -0.507 e. The van der Waals surface area contributed by atoms with Crippen LogP contribution in [-0.2, 0) is 0 Å². The second kappa shape index (κ2) is 6.33. The monoisotopic (exact) mass is 362 g/mol. The molecule has 0 atom stereocenters. The Morgan fingerprint density at radius 2 is 2.12 bits per heavy atom. The Balaban J connectivity index is 1.88. The third kappa shape index (κ3) is 3.15. The molecule has 1 amide bonds. The van der Waals surface area contributed by atoms with Crippen LogP contribution in [-0.4, -0.2) is 40.4 Å². The Morgan fingerprint density at radius 1 is 1.40 bits per heavy atom. The summed E-state index contributed by atoms with van der Waals surface area (Å²) in [7, 11) is 0. The number of aromatic hydroxyl groups is 1. The number of aliphatic imine (C=N–C) groups is 1. The molecule has 3 N–H and O–H groups in total. The first-order chi connectivity index (χ1) is 11.8. The largest absolute Gasteiger partial charge is 0.507 e. The SMILES string of the molecule is CC1=N/C(=C2\CN(C(=O)c3ccc(F)cc3O)CC2=N)NC(C)=C1Cl. The van der Waals surface area contributed by atoms with E-state index < -0.39 is 17.5 Å². The lowest BCUT2D eigenvalue weighted by molar-refractivity contribution is 0.0801. The van der Waals surface area contributed by atoms with Gasteiger partial charge in [-0.2, -0.15) is 0 Å². The summed E-state index contributed by atoms with van der Waals surface area (Å²) >= 11 is 6.10. The second-order valence-corrected chi connectivity index (χ2v) is 6.27. The number of phenolic OH excluding ortho intramolecular Hbond substituents is 1. The highest BCUT2D eigenvalue weighted by atomic mass is 35.5. The number of benzene rings is 1. The number of amides is 1. The van der Waals surface area contributed by atoms with E-state index in [1.165, 1.54) is 11.0 Å². The topological polar surface area (TPSA) is 88.8 Å². The number of carbonyl (C=O) groups is 1. The standard InChI is InChI=1S/C17H16ClFN4O2/c1-8-15(18)9(2)22-16(21-8)12-6-23(7-13(12)20)17(25)11-4-3-10(19)5-14(11)24/h3-5,20-21,24H,6-7H2,1-2H3/b16-12+,20-13?. The van der Waals surface area contributed by atoms with Crippen LogP contribution in [0.2, 0.25) is 0 Å². The molecular formula is C17H16ClFN4O2. The number of allylic oxidation sites excluding steroid dienone is 2. The maximum atomic E-state index is 13.1. The average molecular weight is 363 g/mol. The van der Waals surface area contributed by atoms with Crippen LogP contribution in [0.3, 0.4) is 0 Å². The molecule has 2 heterocycles. The molecule has 2 aliphatic rings. The van der Waals surface area contributed by atoms with E-state index in [2.05, 4.69) is 10.3 Å². The van der Waals surface area contributed by atoms with Gasteiger partial charge in [0.2, 0.25) is 0 Å². The van der Waals surface area contributed by atoms with Gasteiger partial charge in [0.1, 0.15) is 17.4 Å². The molecule has 2 aliphatic heterocycles. The first-order valence-electron chi connectivity index (χ1n) is 7.55. The molecular weight excluding hydrogens is 347 g/mol. The number of hydrogen-bond donors (Lipinski definition) is 3. The van der Waals surface area contributed by atoms with Gasteiger partial charge in [-0.1, -0.05) is 11.6 Å². The summed E-state index contributed by atoms with van der Waals surface area (Å²) in [6, 6.07) is 3.23. The van der Waals surface area contributed by atoms with Crippen molar-refractivity contribution in [2.45, 2.75) is 13.8 Å². The molecule has 1 aromatic carbocycles. The van der Waals surface area contributed by atoms with E-state index in [4.69, 9.17) is 17.0 Å². The molecule has 0 aliphatic carbocycles. The van der Waals surface area contributed by atoms with Crippen LogP contribution in [0.1, 0.15) is 24.2 Å². The van der Waals surface area contributed by atoms with Crippen molar-refractivity contribution >= 4 is 28.9 Å². The maximum absolute atomic E-state index is 13.1. The van der Waals surface area contributed by atoms with Gasteiger partial charge in [0.15, 0.2) is 0 Å². The fraction of sp³-hybridized carbons (Fsp3) is 0.235. The number of rotatable bonds is 1. The first-order valence-corrected chi connectivity index (χ1v) is 7.93. The highest BCUT2D eigenvalue weighted by Gasteiger charge is 2.31. The summed E-state index contributed by atoms with van der Waals surface area (Å²) in [6.45, 7) is 3.82. The smallest absolute Gasteiger partial charge is 0.258 e. The summed E-state index contributed by atoms with van der Waals surface area (Å²) in [5.41, 5.74) is 2.19.